The number of benzene rings is 1. The molecule has 4 fully saturated rings. The van der Waals surface area contributed by atoms with Gasteiger partial charge in [-0.2, -0.15) is 13.9 Å². The lowest BCUT2D eigenvalue weighted by Crippen LogP contribution is -2.75. The first-order valence-electron chi connectivity index (χ1n) is 20.3. The summed E-state index contributed by atoms with van der Waals surface area (Å²) in [5, 5.41) is 10.6. The Labute approximate surface area is 369 Å². The van der Waals surface area contributed by atoms with Gasteiger partial charge in [-0.25, -0.2) is 18.5 Å². The van der Waals surface area contributed by atoms with Crippen LogP contribution < -0.4 is 19.7 Å². The van der Waals surface area contributed by atoms with Crippen LogP contribution in [0.5, 0.6) is 17.2 Å². The molecule has 8 atom stereocenters. The lowest BCUT2D eigenvalue weighted by molar-refractivity contribution is -0.181. The third-order valence-electron chi connectivity index (χ3n) is 12.5. The molecule has 6 N–H and O–H groups in total. The highest BCUT2D eigenvalue weighted by Gasteiger charge is 2.84. The van der Waals surface area contributed by atoms with Crippen LogP contribution in [0.15, 0.2) is 58.1 Å². The molecule has 1 aromatic carbocycles. The van der Waals surface area contributed by atoms with Gasteiger partial charge < -0.3 is 48.6 Å². The molecule has 8 rings (SSSR count). The van der Waals surface area contributed by atoms with Crippen LogP contribution >= 0.6 is 23.5 Å². The SMILES string of the molecule is COC(=O)/C(C)=C\CC12OC(C)(C)C3CC(C1=O)C1C(C#N)=C(N)OC4=C1C32Oc1c(CC=C(C)C)c2c(c(OP(=O)(O)OP(=O)(O)OP(=O)(O)O)c14)C=CC(C)(CCC=C(C)C)O2. The summed E-state index contributed by atoms with van der Waals surface area (Å²) in [6.45, 7) is 14.6. The maximum atomic E-state index is 15.3. The van der Waals surface area contributed by atoms with Crippen molar-refractivity contribution in [2.45, 2.75) is 110 Å². The van der Waals surface area contributed by atoms with Gasteiger partial charge in [0.2, 0.25) is 5.88 Å². The van der Waals surface area contributed by atoms with Crippen LogP contribution in [-0.2, 0) is 52.5 Å². The summed E-state index contributed by atoms with van der Waals surface area (Å²) in [5.74, 6) is -4.94. The highest BCUT2D eigenvalue weighted by atomic mass is 31.3. The Morgan fingerprint density at radius 1 is 0.984 bits per heavy atom. The number of carbonyl (C=O) groups is 2. The molecule has 1 spiro atoms. The van der Waals surface area contributed by atoms with Crippen molar-refractivity contribution in [1.29, 1.82) is 5.26 Å². The Balaban J connectivity index is 1.59. The van der Waals surface area contributed by atoms with Gasteiger partial charge in [0.15, 0.2) is 22.7 Å². The van der Waals surface area contributed by atoms with Crippen molar-refractivity contribution < 1.29 is 79.7 Å². The fourth-order valence-corrected chi connectivity index (χ4v) is 13.1. The number of nitrogens with zero attached hydrogens (tertiary/aromatic N) is 1. The fourth-order valence-electron chi connectivity index (χ4n) is 10.0. The average Bonchev–Trinajstić information content (AvgIpc) is 3.30. The van der Waals surface area contributed by atoms with Gasteiger partial charge in [-0.15, -0.1) is 0 Å². The first-order valence-corrected chi connectivity index (χ1v) is 24.8. The lowest BCUT2D eigenvalue weighted by atomic mass is 9.45. The number of nitrogens with two attached hydrogens (primary N) is 1. The van der Waals surface area contributed by atoms with Gasteiger partial charge in [0.05, 0.1) is 23.8 Å². The summed E-state index contributed by atoms with van der Waals surface area (Å²) in [7, 11) is -16.6. The normalized spacial score (nSPS) is 30.0. The van der Waals surface area contributed by atoms with Gasteiger partial charge in [-0.3, -0.25) is 9.69 Å². The first-order chi connectivity index (χ1) is 29.6. The molecule has 0 radical (unpaired) electrons. The number of methoxy groups -OCH3 is 1. The van der Waals surface area contributed by atoms with Crippen molar-refractivity contribution in [3.63, 3.8) is 0 Å². The number of hydrogen-bond donors (Lipinski definition) is 5. The smallest absolute Gasteiger partial charge is 0.482 e. The summed E-state index contributed by atoms with van der Waals surface area (Å²) >= 11 is 0. The number of ether oxygens (including phenoxy) is 5. The number of esters is 1. The molecule has 22 heteroatoms. The zero-order chi connectivity index (χ0) is 47.3. The van der Waals surface area contributed by atoms with Crippen molar-refractivity contribution in [2.24, 2.45) is 23.5 Å². The molecule has 3 aliphatic carbocycles. The number of rotatable bonds is 14. The number of ketones is 1. The second kappa shape index (κ2) is 15.9. The molecule has 3 saturated carbocycles. The minimum Gasteiger partial charge on any atom is -0.482 e. The van der Waals surface area contributed by atoms with Crippen LogP contribution in [0.25, 0.3) is 11.8 Å². The van der Waals surface area contributed by atoms with Crippen molar-refractivity contribution in [1.82, 2.24) is 0 Å². The van der Waals surface area contributed by atoms with Crippen LogP contribution in [0.1, 0.15) is 97.8 Å². The number of fused-ring (bicyclic) bond motifs is 3. The Hall–Kier alpha value is -4.30. The summed E-state index contributed by atoms with van der Waals surface area (Å²) in [6.07, 6.45) is 9.71. The predicted octanol–water partition coefficient (Wildman–Crippen LogP) is 7.27. The van der Waals surface area contributed by atoms with Gasteiger partial charge in [-0.05, 0) is 93.2 Å². The largest absolute Gasteiger partial charge is 0.536 e. The number of nitriles is 1. The predicted molar refractivity (Wildman–Crippen MR) is 227 cm³/mol. The number of hydrogen-bond acceptors (Lipinski definition) is 15. The highest BCUT2D eigenvalue weighted by molar-refractivity contribution is 7.66. The third-order valence-corrected chi connectivity index (χ3v) is 16.3. The fraction of sp³-hybridized carbons (Fsp3) is 0.500. The van der Waals surface area contributed by atoms with Gasteiger partial charge in [0.25, 0.3) is 0 Å². The second-order valence-corrected chi connectivity index (χ2v) is 22.3. The van der Waals surface area contributed by atoms with Gasteiger partial charge in [-0.1, -0.05) is 29.4 Å². The van der Waals surface area contributed by atoms with Crippen molar-refractivity contribution in [3.8, 4) is 23.3 Å². The molecule has 19 nitrogen and oxygen atoms in total. The highest BCUT2D eigenvalue weighted by Crippen LogP contribution is 2.75. The van der Waals surface area contributed by atoms with Crippen LogP contribution in [0.4, 0.5) is 0 Å². The molecule has 4 aliphatic heterocycles. The number of allylic oxidation sites excluding steroid dienone is 5. The van der Waals surface area contributed by atoms with Gasteiger partial charge >= 0.3 is 29.4 Å². The summed E-state index contributed by atoms with van der Waals surface area (Å²) in [4.78, 5) is 68.0. The number of phosphoric ester groups is 1. The molecule has 4 bridgehead atoms. The molecule has 1 aromatic rings. The minimum absolute atomic E-state index is 0.0125. The molecule has 64 heavy (non-hydrogen) atoms. The molecule has 0 amide bonds. The molecule has 346 valence electrons. The van der Waals surface area contributed by atoms with Crippen LogP contribution in [0.3, 0.4) is 0 Å². The van der Waals surface area contributed by atoms with Gasteiger partial charge in [0.1, 0.15) is 34.5 Å². The number of phosphoric acid groups is 3. The van der Waals surface area contributed by atoms with E-state index in [-0.39, 0.29) is 64.4 Å². The quantitative estimate of drug-likeness (QED) is 0.0530. The Morgan fingerprint density at radius 2 is 1.66 bits per heavy atom. The molecular formula is C42H51N2O17P3. The van der Waals surface area contributed by atoms with E-state index >= 15 is 4.79 Å². The maximum absolute atomic E-state index is 15.3. The van der Waals surface area contributed by atoms with E-state index in [1.165, 1.54) is 20.1 Å². The van der Waals surface area contributed by atoms with Crippen molar-refractivity contribution in [2.75, 3.05) is 7.11 Å². The molecule has 1 saturated heterocycles. The van der Waals surface area contributed by atoms with Crippen LogP contribution in [-0.4, -0.2) is 60.8 Å². The second-order valence-electron chi connectivity index (χ2n) is 17.9. The Morgan fingerprint density at radius 3 is 2.27 bits per heavy atom. The van der Waals surface area contributed by atoms with E-state index in [1.807, 2.05) is 46.8 Å². The molecule has 4 heterocycles. The van der Waals surface area contributed by atoms with E-state index < -0.39 is 87.0 Å². The van der Waals surface area contributed by atoms with E-state index in [0.29, 0.717) is 18.4 Å². The van der Waals surface area contributed by atoms with Crippen LogP contribution in [0.2, 0.25) is 0 Å². The third kappa shape index (κ3) is 7.85. The monoisotopic (exact) mass is 948 g/mol. The zero-order valence-corrected chi connectivity index (χ0v) is 39.3. The topological polar surface area (TPSA) is 290 Å². The van der Waals surface area contributed by atoms with E-state index in [9.17, 15) is 43.3 Å². The molecular weight excluding hydrogens is 897 g/mol. The molecule has 0 aromatic heterocycles. The maximum Gasteiger partial charge on any atom is 0.536 e. The number of Topliss-reactive ketones (excluding diaryl/α,β-unsaturated/α-hetero) is 1. The summed E-state index contributed by atoms with van der Waals surface area (Å²) in [5.41, 5.74) is 3.04. The number of carbonyl (C=O) groups excluding carboxylic acids is 2. The van der Waals surface area contributed by atoms with Gasteiger partial charge in [0, 0.05) is 40.9 Å². The van der Waals surface area contributed by atoms with E-state index in [1.54, 1.807) is 26.0 Å². The van der Waals surface area contributed by atoms with E-state index in [0.717, 1.165) is 11.1 Å². The standard InChI is InChI=1S/C42H51N2O17P3/c1-21(2)11-10-16-40(8)17-15-25-32(56-40)24(13-12-22(3)4)33-30(34(25)58-63(50,51)61-64(52,53)60-62(47,48)49)35-31-29(27(20-43)37(44)55-35)26-19-28-39(6,7)59-41(36(26)45,42(28,31)57-33)18-14-23(5)38(46)54-9/h11-12,14-15,17,26,28-29H,10,13,16,18-19,44H2,1-9H3,(H,50,51)(H,52,53)(H2,47,48,49)/b23-14-. The molecule has 8 unspecified atom stereocenters. The van der Waals surface area contributed by atoms with Crippen LogP contribution in [0, 0.1) is 29.1 Å². The van der Waals surface area contributed by atoms with Crippen molar-refractivity contribution >= 4 is 47.1 Å². The molecule has 7 aliphatic rings. The van der Waals surface area contributed by atoms with E-state index in [4.69, 9.17) is 33.9 Å². The minimum atomic E-state index is -6.04. The first kappa shape index (κ1) is 47.7. The van der Waals surface area contributed by atoms with E-state index in [2.05, 4.69) is 14.7 Å². The lowest BCUT2D eigenvalue weighted by Gasteiger charge is -2.61. The Kier molecular flexibility index (Phi) is 11.9. The summed E-state index contributed by atoms with van der Waals surface area (Å²) < 4.78 is 84.9. The van der Waals surface area contributed by atoms with Crippen molar-refractivity contribution in [3.05, 3.63) is 74.7 Å². The summed E-state index contributed by atoms with van der Waals surface area (Å²) in [6, 6.07) is 2.11. The Bertz CT molecular complexity index is 2640. The zero-order valence-electron chi connectivity index (χ0n) is 36.6. The average molecular weight is 949 g/mol.